The van der Waals surface area contributed by atoms with Gasteiger partial charge in [-0.3, -0.25) is 0 Å². The monoisotopic (exact) mass is 199 g/mol. The van der Waals surface area contributed by atoms with Gasteiger partial charge in [-0.15, -0.1) is 11.3 Å². The zero-order chi connectivity index (χ0) is 9.14. The highest BCUT2D eigenvalue weighted by atomic mass is 32.1. The Morgan fingerprint density at radius 3 is 2.83 bits per heavy atom. The maximum absolute atomic E-state index is 5.49. The van der Waals surface area contributed by atoms with Gasteiger partial charge in [0.15, 0.2) is 0 Å². The van der Waals surface area contributed by atoms with Gasteiger partial charge in [-0.25, -0.2) is 0 Å². The summed E-state index contributed by atoms with van der Waals surface area (Å²) in [7, 11) is 0. The minimum Gasteiger partial charge on any atom is -0.393 e. The van der Waals surface area contributed by atoms with Gasteiger partial charge in [-0.2, -0.15) is 0 Å². The van der Waals surface area contributed by atoms with Crippen molar-refractivity contribution in [2.75, 3.05) is 0 Å². The standard InChI is InChI=1S/C9H13NS2/c1-6-3-4-12-9(6)7(2)5-8(10)11/h3-4,7H,5H2,1-2H3,(H2,10,11). The van der Waals surface area contributed by atoms with Crippen LogP contribution in [0.5, 0.6) is 0 Å². The summed E-state index contributed by atoms with van der Waals surface area (Å²) in [6, 6.07) is 2.13. The normalized spacial score (nSPS) is 12.8. The summed E-state index contributed by atoms with van der Waals surface area (Å²) in [5.41, 5.74) is 6.84. The van der Waals surface area contributed by atoms with E-state index in [-0.39, 0.29) is 0 Å². The highest BCUT2D eigenvalue weighted by Crippen LogP contribution is 2.27. The minimum absolute atomic E-state index is 0.475. The van der Waals surface area contributed by atoms with Crippen molar-refractivity contribution in [2.45, 2.75) is 26.2 Å². The fraction of sp³-hybridized carbons (Fsp3) is 0.444. The quantitative estimate of drug-likeness (QED) is 0.758. The summed E-state index contributed by atoms with van der Waals surface area (Å²) < 4.78 is 0. The fourth-order valence-electron chi connectivity index (χ4n) is 1.28. The van der Waals surface area contributed by atoms with E-state index in [0.29, 0.717) is 10.9 Å². The van der Waals surface area contributed by atoms with Crippen LogP contribution >= 0.6 is 23.6 Å². The van der Waals surface area contributed by atoms with E-state index in [2.05, 4.69) is 25.3 Å². The van der Waals surface area contributed by atoms with Crippen molar-refractivity contribution in [1.29, 1.82) is 0 Å². The zero-order valence-corrected chi connectivity index (χ0v) is 8.97. The largest absolute Gasteiger partial charge is 0.393 e. The second-order valence-electron chi connectivity index (χ2n) is 3.04. The molecule has 0 aliphatic rings. The summed E-state index contributed by atoms with van der Waals surface area (Å²) in [4.78, 5) is 2.01. The molecule has 3 heteroatoms. The Labute approximate surface area is 82.6 Å². The first-order valence-corrected chi connectivity index (χ1v) is 5.22. The summed E-state index contributed by atoms with van der Waals surface area (Å²) >= 11 is 6.66. The molecule has 1 rings (SSSR count). The van der Waals surface area contributed by atoms with Gasteiger partial charge < -0.3 is 5.73 Å². The molecule has 1 unspecified atom stereocenters. The summed E-state index contributed by atoms with van der Waals surface area (Å²) in [5, 5.41) is 2.11. The van der Waals surface area contributed by atoms with Gasteiger partial charge in [-0.05, 0) is 29.9 Å². The predicted octanol–water partition coefficient (Wildman–Crippen LogP) is 2.84. The van der Waals surface area contributed by atoms with Gasteiger partial charge in [0, 0.05) is 11.3 Å². The average Bonchev–Trinajstić information content (AvgIpc) is 2.33. The van der Waals surface area contributed by atoms with Crippen molar-refractivity contribution in [2.24, 2.45) is 5.73 Å². The molecule has 0 aromatic carbocycles. The third kappa shape index (κ3) is 2.29. The molecule has 1 atom stereocenters. The van der Waals surface area contributed by atoms with Gasteiger partial charge >= 0.3 is 0 Å². The lowest BCUT2D eigenvalue weighted by atomic mass is 10.0. The molecule has 0 aliphatic heterocycles. The molecule has 0 bridgehead atoms. The van der Waals surface area contributed by atoms with E-state index in [1.807, 2.05) is 0 Å². The Morgan fingerprint density at radius 2 is 2.42 bits per heavy atom. The highest BCUT2D eigenvalue weighted by Gasteiger charge is 2.10. The van der Waals surface area contributed by atoms with Crippen molar-refractivity contribution < 1.29 is 0 Å². The Bertz CT molecular complexity index is 278. The van der Waals surface area contributed by atoms with E-state index in [0.717, 1.165) is 6.42 Å². The van der Waals surface area contributed by atoms with Crippen LogP contribution < -0.4 is 5.73 Å². The molecule has 1 nitrogen and oxygen atoms in total. The molecule has 0 saturated heterocycles. The molecule has 0 spiro atoms. The van der Waals surface area contributed by atoms with Crippen molar-refractivity contribution in [3.63, 3.8) is 0 Å². The Balaban J connectivity index is 2.71. The van der Waals surface area contributed by atoms with E-state index in [4.69, 9.17) is 18.0 Å². The predicted molar refractivity (Wildman–Crippen MR) is 58.9 cm³/mol. The molecule has 0 saturated carbocycles. The number of hydrogen-bond acceptors (Lipinski definition) is 2. The van der Waals surface area contributed by atoms with Crippen molar-refractivity contribution in [3.05, 3.63) is 21.9 Å². The van der Waals surface area contributed by atoms with Crippen molar-refractivity contribution in [3.8, 4) is 0 Å². The zero-order valence-electron chi connectivity index (χ0n) is 7.33. The van der Waals surface area contributed by atoms with Gasteiger partial charge in [0.2, 0.25) is 0 Å². The molecule has 1 aromatic heterocycles. The van der Waals surface area contributed by atoms with Crippen LogP contribution in [-0.4, -0.2) is 4.99 Å². The second-order valence-corrected chi connectivity index (χ2v) is 4.51. The van der Waals surface area contributed by atoms with E-state index in [1.54, 1.807) is 11.3 Å². The summed E-state index contributed by atoms with van der Waals surface area (Å²) in [6.07, 6.45) is 0.816. The van der Waals surface area contributed by atoms with Crippen LogP contribution in [0.2, 0.25) is 0 Å². The van der Waals surface area contributed by atoms with Crippen molar-refractivity contribution in [1.82, 2.24) is 0 Å². The highest BCUT2D eigenvalue weighted by molar-refractivity contribution is 7.80. The van der Waals surface area contributed by atoms with Crippen molar-refractivity contribution >= 4 is 28.5 Å². The Kier molecular flexibility index (Phi) is 3.23. The first-order valence-electron chi connectivity index (χ1n) is 3.93. The smallest absolute Gasteiger partial charge is 0.0733 e. The first-order chi connectivity index (χ1) is 5.61. The summed E-state index contributed by atoms with van der Waals surface area (Å²) in [5.74, 6) is 0.475. The number of thiocarbonyl (C=S) groups is 1. The lowest BCUT2D eigenvalue weighted by Crippen LogP contribution is -2.11. The average molecular weight is 199 g/mol. The maximum atomic E-state index is 5.49. The molecule has 1 aromatic rings. The second kappa shape index (κ2) is 4.01. The topological polar surface area (TPSA) is 26.0 Å². The summed E-state index contributed by atoms with van der Waals surface area (Å²) in [6.45, 7) is 4.29. The number of thiophene rings is 1. The van der Waals surface area contributed by atoms with Gasteiger partial charge in [0.05, 0.1) is 4.99 Å². The van der Waals surface area contributed by atoms with Crippen LogP contribution in [-0.2, 0) is 0 Å². The van der Waals surface area contributed by atoms with Crippen LogP contribution in [0.15, 0.2) is 11.4 Å². The number of nitrogens with two attached hydrogens (primary N) is 1. The molecule has 66 valence electrons. The van der Waals surface area contributed by atoms with E-state index >= 15 is 0 Å². The first kappa shape index (κ1) is 9.68. The van der Waals surface area contributed by atoms with E-state index in [1.165, 1.54) is 10.4 Å². The van der Waals surface area contributed by atoms with E-state index < -0.39 is 0 Å². The maximum Gasteiger partial charge on any atom is 0.0733 e. The molecular formula is C9H13NS2. The lowest BCUT2D eigenvalue weighted by Gasteiger charge is -2.08. The molecular weight excluding hydrogens is 186 g/mol. The molecule has 2 N–H and O–H groups in total. The van der Waals surface area contributed by atoms with Crippen LogP contribution in [0, 0.1) is 6.92 Å². The van der Waals surface area contributed by atoms with Crippen LogP contribution in [0.25, 0.3) is 0 Å². The molecule has 0 fully saturated rings. The molecule has 0 radical (unpaired) electrons. The molecule has 0 aliphatic carbocycles. The number of hydrogen-bond donors (Lipinski definition) is 1. The van der Waals surface area contributed by atoms with Crippen LogP contribution in [0.4, 0.5) is 0 Å². The minimum atomic E-state index is 0.475. The Hall–Kier alpha value is -0.410. The molecule has 12 heavy (non-hydrogen) atoms. The molecule has 0 amide bonds. The van der Waals surface area contributed by atoms with Crippen LogP contribution in [0.1, 0.15) is 29.7 Å². The molecule has 1 heterocycles. The Morgan fingerprint density at radius 1 is 1.75 bits per heavy atom. The SMILES string of the molecule is Cc1ccsc1C(C)CC(N)=S. The van der Waals surface area contributed by atoms with Gasteiger partial charge in [0.1, 0.15) is 0 Å². The third-order valence-electron chi connectivity index (χ3n) is 1.86. The van der Waals surface area contributed by atoms with Crippen LogP contribution in [0.3, 0.4) is 0 Å². The number of aryl methyl sites for hydroxylation is 1. The van der Waals surface area contributed by atoms with Gasteiger partial charge in [-0.1, -0.05) is 19.1 Å². The number of rotatable bonds is 3. The third-order valence-corrected chi connectivity index (χ3v) is 3.27. The van der Waals surface area contributed by atoms with Gasteiger partial charge in [0.25, 0.3) is 0 Å². The lowest BCUT2D eigenvalue weighted by molar-refractivity contribution is 0.819. The fourth-order valence-corrected chi connectivity index (χ4v) is 2.52. The van der Waals surface area contributed by atoms with E-state index in [9.17, 15) is 0 Å².